The minimum Gasteiger partial charge on any atom is -0.478 e. The molecule has 0 spiro atoms. The van der Waals surface area contributed by atoms with Gasteiger partial charge in [-0.25, -0.2) is 4.79 Å². The van der Waals surface area contributed by atoms with E-state index in [1.54, 1.807) is 12.1 Å². The molecule has 1 amide bonds. The first-order valence-corrected chi connectivity index (χ1v) is 11.4. The van der Waals surface area contributed by atoms with E-state index in [9.17, 15) is 9.59 Å². The monoisotopic (exact) mass is 459 g/mol. The summed E-state index contributed by atoms with van der Waals surface area (Å²) in [6.45, 7) is 4.61. The number of nitrogens with zero attached hydrogens (tertiary/aromatic N) is 2. The fourth-order valence-electron chi connectivity index (χ4n) is 3.99. The molecule has 3 aromatic rings. The lowest BCUT2D eigenvalue weighted by Gasteiger charge is -2.21. The van der Waals surface area contributed by atoms with E-state index in [0.29, 0.717) is 12.1 Å². The molecule has 0 atom stereocenters. The standard InChI is InChI=1S/C27H29N3O4/c31-26(28-23-11-13-25(14-12-23)34-24-5-2-1-3-6-24)20-30-16-4-15-29(17-18-30)19-21-7-9-22(10-8-21)27(32)33/h1-3,5-14H,4,15-20H2,(H,28,31)(H,32,33). The number of amides is 1. The summed E-state index contributed by atoms with van der Waals surface area (Å²) in [5.74, 6) is 0.544. The quantitative estimate of drug-likeness (QED) is 0.522. The van der Waals surface area contributed by atoms with Crippen LogP contribution in [0, 0.1) is 0 Å². The molecule has 4 rings (SSSR count). The summed E-state index contributed by atoms with van der Waals surface area (Å²) in [4.78, 5) is 28.1. The molecule has 0 bridgehead atoms. The second-order valence-electron chi connectivity index (χ2n) is 8.40. The van der Waals surface area contributed by atoms with Crippen molar-refractivity contribution < 1.29 is 19.4 Å². The van der Waals surface area contributed by atoms with Crippen molar-refractivity contribution in [1.82, 2.24) is 9.80 Å². The topological polar surface area (TPSA) is 82.1 Å². The van der Waals surface area contributed by atoms with Crippen molar-refractivity contribution in [1.29, 1.82) is 0 Å². The number of nitrogens with one attached hydrogen (secondary N) is 1. The summed E-state index contributed by atoms with van der Waals surface area (Å²) >= 11 is 0. The Hall–Kier alpha value is -3.68. The van der Waals surface area contributed by atoms with Gasteiger partial charge in [-0.15, -0.1) is 0 Å². The Kier molecular flexibility index (Phi) is 7.91. The van der Waals surface area contributed by atoms with Crippen LogP contribution in [0.4, 0.5) is 5.69 Å². The molecule has 0 aromatic heterocycles. The van der Waals surface area contributed by atoms with Gasteiger partial charge in [-0.05, 0) is 73.6 Å². The Morgan fingerprint density at radius 1 is 0.794 bits per heavy atom. The van der Waals surface area contributed by atoms with E-state index in [1.165, 1.54) is 0 Å². The molecule has 1 heterocycles. The van der Waals surface area contributed by atoms with Crippen molar-refractivity contribution in [3.05, 3.63) is 90.0 Å². The van der Waals surface area contributed by atoms with Gasteiger partial charge >= 0.3 is 5.97 Å². The van der Waals surface area contributed by atoms with Gasteiger partial charge in [0.25, 0.3) is 0 Å². The van der Waals surface area contributed by atoms with Gasteiger partial charge in [0.05, 0.1) is 12.1 Å². The number of hydrogen-bond donors (Lipinski definition) is 2. The number of carbonyl (C=O) groups excluding carboxylic acids is 1. The van der Waals surface area contributed by atoms with Crippen LogP contribution in [0.3, 0.4) is 0 Å². The molecule has 0 saturated carbocycles. The summed E-state index contributed by atoms with van der Waals surface area (Å²) < 4.78 is 5.79. The predicted molar refractivity (Wildman–Crippen MR) is 131 cm³/mol. The minimum absolute atomic E-state index is 0.0329. The van der Waals surface area contributed by atoms with Gasteiger partial charge in [-0.2, -0.15) is 0 Å². The van der Waals surface area contributed by atoms with Crippen LogP contribution in [-0.2, 0) is 11.3 Å². The molecule has 0 aliphatic carbocycles. The van der Waals surface area contributed by atoms with E-state index < -0.39 is 5.97 Å². The third-order valence-corrected chi connectivity index (χ3v) is 5.77. The number of benzene rings is 3. The zero-order valence-corrected chi connectivity index (χ0v) is 19.0. The summed E-state index contributed by atoms with van der Waals surface area (Å²) in [5.41, 5.74) is 2.14. The number of anilines is 1. The number of hydrogen-bond acceptors (Lipinski definition) is 5. The molecule has 1 aliphatic rings. The highest BCUT2D eigenvalue weighted by Gasteiger charge is 2.17. The van der Waals surface area contributed by atoms with Gasteiger partial charge in [0, 0.05) is 25.3 Å². The van der Waals surface area contributed by atoms with E-state index in [1.807, 2.05) is 66.7 Å². The number of carboxylic acids is 1. The third kappa shape index (κ3) is 6.91. The van der Waals surface area contributed by atoms with Crippen LogP contribution >= 0.6 is 0 Å². The highest BCUT2D eigenvalue weighted by atomic mass is 16.5. The predicted octanol–water partition coefficient (Wildman–Crippen LogP) is 4.32. The molecule has 1 aliphatic heterocycles. The lowest BCUT2D eigenvalue weighted by Crippen LogP contribution is -2.36. The number of carboxylic acid groups (broad SMARTS) is 1. The first-order valence-electron chi connectivity index (χ1n) is 11.4. The van der Waals surface area contributed by atoms with Gasteiger partial charge in [0.2, 0.25) is 5.91 Å². The van der Waals surface area contributed by atoms with Crippen molar-refractivity contribution in [3.8, 4) is 11.5 Å². The number of ether oxygens (including phenoxy) is 1. The summed E-state index contributed by atoms with van der Waals surface area (Å²) in [7, 11) is 0. The maximum absolute atomic E-state index is 12.6. The lowest BCUT2D eigenvalue weighted by atomic mass is 10.1. The maximum Gasteiger partial charge on any atom is 0.335 e. The Balaban J connectivity index is 1.22. The van der Waals surface area contributed by atoms with Crippen molar-refractivity contribution in [2.24, 2.45) is 0 Å². The Morgan fingerprint density at radius 2 is 1.44 bits per heavy atom. The highest BCUT2D eigenvalue weighted by Crippen LogP contribution is 2.22. The minimum atomic E-state index is -0.910. The molecular formula is C27H29N3O4. The van der Waals surface area contributed by atoms with E-state index in [2.05, 4.69) is 15.1 Å². The average Bonchev–Trinajstić information content (AvgIpc) is 3.06. The molecule has 3 aromatic carbocycles. The van der Waals surface area contributed by atoms with Gasteiger partial charge in [-0.1, -0.05) is 30.3 Å². The fourth-order valence-corrected chi connectivity index (χ4v) is 3.99. The lowest BCUT2D eigenvalue weighted by molar-refractivity contribution is -0.117. The molecule has 1 saturated heterocycles. The molecule has 7 nitrogen and oxygen atoms in total. The molecule has 7 heteroatoms. The Morgan fingerprint density at radius 3 is 2.15 bits per heavy atom. The first kappa shape index (κ1) is 23.5. The van der Waals surface area contributed by atoms with E-state index in [0.717, 1.165) is 61.9 Å². The molecule has 1 fully saturated rings. The SMILES string of the molecule is O=C(CN1CCCN(Cc2ccc(C(=O)O)cc2)CC1)Nc1ccc(Oc2ccccc2)cc1. The van der Waals surface area contributed by atoms with E-state index >= 15 is 0 Å². The third-order valence-electron chi connectivity index (χ3n) is 5.77. The molecule has 176 valence electrons. The first-order chi connectivity index (χ1) is 16.5. The molecule has 2 N–H and O–H groups in total. The summed E-state index contributed by atoms with van der Waals surface area (Å²) in [6.07, 6.45) is 0.978. The van der Waals surface area contributed by atoms with Crippen molar-refractivity contribution >= 4 is 17.6 Å². The van der Waals surface area contributed by atoms with Gasteiger partial charge in [-0.3, -0.25) is 14.6 Å². The van der Waals surface area contributed by atoms with Gasteiger partial charge in [0.15, 0.2) is 0 Å². The molecule has 34 heavy (non-hydrogen) atoms. The smallest absolute Gasteiger partial charge is 0.335 e. The number of aromatic carboxylic acids is 1. The second kappa shape index (κ2) is 11.4. The van der Waals surface area contributed by atoms with E-state index in [4.69, 9.17) is 9.84 Å². The second-order valence-corrected chi connectivity index (χ2v) is 8.40. The molecule has 0 radical (unpaired) electrons. The summed E-state index contributed by atoms with van der Waals surface area (Å²) in [6, 6.07) is 24.0. The van der Waals surface area contributed by atoms with Crippen LogP contribution in [0.2, 0.25) is 0 Å². The van der Waals surface area contributed by atoms with Crippen molar-refractivity contribution in [3.63, 3.8) is 0 Å². The number of carbonyl (C=O) groups is 2. The average molecular weight is 460 g/mol. The zero-order chi connectivity index (χ0) is 23.8. The van der Waals surface area contributed by atoms with E-state index in [-0.39, 0.29) is 5.91 Å². The Bertz CT molecular complexity index is 1090. The molecular weight excluding hydrogens is 430 g/mol. The zero-order valence-electron chi connectivity index (χ0n) is 19.0. The van der Waals surface area contributed by atoms with Crippen LogP contribution in [0.25, 0.3) is 0 Å². The number of rotatable bonds is 8. The van der Waals surface area contributed by atoms with Gasteiger partial charge < -0.3 is 15.2 Å². The van der Waals surface area contributed by atoms with Crippen molar-refractivity contribution in [2.75, 3.05) is 38.0 Å². The maximum atomic E-state index is 12.6. The van der Waals surface area contributed by atoms with Crippen LogP contribution < -0.4 is 10.1 Å². The van der Waals surface area contributed by atoms with Crippen molar-refractivity contribution in [2.45, 2.75) is 13.0 Å². The van der Waals surface area contributed by atoms with Crippen LogP contribution in [0.5, 0.6) is 11.5 Å². The van der Waals surface area contributed by atoms with Crippen LogP contribution in [0.1, 0.15) is 22.3 Å². The van der Waals surface area contributed by atoms with Gasteiger partial charge in [0.1, 0.15) is 11.5 Å². The highest BCUT2D eigenvalue weighted by molar-refractivity contribution is 5.92. The summed E-state index contributed by atoms with van der Waals surface area (Å²) in [5, 5.41) is 12.0. The fraction of sp³-hybridized carbons (Fsp3) is 0.259. The van der Waals surface area contributed by atoms with Crippen LogP contribution in [-0.4, -0.2) is 59.5 Å². The molecule has 0 unspecified atom stereocenters. The number of para-hydroxylation sites is 1. The largest absolute Gasteiger partial charge is 0.478 e. The normalized spacial score (nSPS) is 14.8. The van der Waals surface area contributed by atoms with Crippen LogP contribution in [0.15, 0.2) is 78.9 Å². The Labute approximate surface area is 199 Å².